The molecule has 0 fully saturated rings. The second-order valence-electron chi connectivity index (χ2n) is 5.37. The first-order chi connectivity index (χ1) is 13.6. The number of allylic oxidation sites excluding steroid dienone is 1. The number of hydrogen-bond acceptors (Lipinski definition) is 4. The van der Waals surface area contributed by atoms with Crippen molar-refractivity contribution in [3.63, 3.8) is 0 Å². The van der Waals surface area contributed by atoms with E-state index in [1.165, 1.54) is 6.42 Å². The molecule has 0 bridgehead atoms. The molecular weight excluding hydrogens is 346 g/mol. The highest BCUT2D eigenvalue weighted by Gasteiger charge is 2.05. The van der Waals surface area contributed by atoms with E-state index in [1.54, 1.807) is 19.4 Å². The van der Waals surface area contributed by atoms with Gasteiger partial charge in [-0.25, -0.2) is 0 Å². The van der Waals surface area contributed by atoms with Crippen LogP contribution in [0.4, 0.5) is 5.69 Å². The fourth-order valence-electron chi connectivity index (χ4n) is 1.92. The zero-order valence-electron chi connectivity index (χ0n) is 19.0. The first-order valence-electron chi connectivity index (χ1n) is 10.1. The van der Waals surface area contributed by atoms with Crippen LogP contribution >= 0.6 is 0 Å². The fraction of sp³-hybridized carbons (Fsp3) is 0.417. The van der Waals surface area contributed by atoms with E-state index in [-0.39, 0.29) is 0 Å². The number of anilines is 1. The Balaban J connectivity index is 0. The summed E-state index contributed by atoms with van der Waals surface area (Å²) in [5.41, 5.74) is 4.14. The number of nitrogens with one attached hydrogen (secondary N) is 2. The van der Waals surface area contributed by atoms with Crippen LogP contribution in [0.1, 0.15) is 64.8 Å². The lowest BCUT2D eigenvalue weighted by Gasteiger charge is -2.11. The standard InChI is InChI=1S/C17H19N3O.C3H8.2C2H6/c1-13-6-8-15(17(11-13)20-12-21-2)16(18)9-7-14-5-3-4-10-19-14;1-3-2;2*1-2/h3-11,18,20H,12H2,1-2H3;3H2,1-2H3;2*1-2H3/b9-7+,18-16?;;;. The lowest BCUT2D eigenvalue weighted by molar-refractivity contribution is 0.221. The van der Waals surface area contributed by atoms with Crippen molar-refractivity contribution in [1.29, 1.82) is 5.41 Å². The van der Waals surface area contributed by atoms with Gasteiger partial charge in [-0.1, -0.05) is 66.2 Å². The van der Waals surface area contributed by atoms with Gasteiger partial charge >= 0.3 is 0 Å². The van der Waals surface area contributed by atoms with E-state index in [4.69, 9.17) is 10.1 Å². The Bertz CT molecular complexity index is 652. The molecule has 2 aromatic rings. The van der Waals surface area contributed by atoms with E-state index < -0.39 is 0 Å². The molecule has 0 aliphatic rings. The predicted molar refractivity (Wildman–Crippen MR) is 125 cm³/mol. The number of nitrogens with zero attached hydrogens (tertiary/aromatic N) is 1. The SMILES string of the molecule is CC.CC.CCC.COCNc1cc(C)ccc1C(=N)/C=C/c1ccccn1. The molecular formula is C24H39N3O. The predicted octanol–water partition coefficient (Wildman–Crippen LogP) is 6.96. The van der Waals surface area contributed by atoms with E-state index >= 15 is 0 Å². The fourth-order valence-corrected chi connectivity index (χ4v) is 1.92. The van der Waals surface area contributed by atoms with Crippen molar-refractivity contribution in [3.8, 4) is 0 Å². The summed E-state index contributed by atoms with van der Waals surface area (Å²) in [5, 5.41) is 11.4. The Labute approximate surface area is 172 Å². The minimum absolute atomic E-state index is 0.410. The van der Waals surface area contributed by atoms with Crippen LogP contribution in [0.2, 0.25) is 0 Å². The lowest BCUT2D eigenvalue weighted by Crippen LogP contribution is -2.08. The van der Waals surface area contributed by atoms with Gasteiger partial charge in [0, 0.05) is 24.6 Å². The van der Waals surface area contributed by atoms with Crippen LogP contribution in [-0.2, 0) is 4.74 Å². The normalized spacial score (nSPS) is 9.14. The number of benzene rings is 1. The summed E-state index contributed by atoms with van der Waals surface area (Å²) in [6.07, 6.45) is 6.58. The van der Waals surface area contributed by atoms with E-state index in [2.05, 4.69) is 24.1 Å². The van der Waals surface area contributed by atoms with E-state index in [0.29, 0.717) is 12.4 Å². The van der Waals surface area contributed by atoms with Crippen LogP contribution in [0.25, 0.3) is 6.08 Å². The number of aryl methyl sites for hydroxylation is 1. The highest BCUT2D eigenvalue weighted by molar-refractivity contribution is 6.12. The Morgan fingerprint density at radius 2 is 1.75 bits per heavy atom. The molecule has 0 saturated carbocycles. The maximum Gasteiger partial charge on any atom is 0.116 e. The summed E-state index contributed by atoms with van der Waals surface area (Å²) in [6, 6.07) is 11.7. The van der Waals surface area contributed by atoms with Crippen molar-refractivity contribution in [3.05, 3.63) is 65.5 Å². The minimum atomic E-state index is 0.410. The molecule has 0 saturated heterocycles. The van der Waals surface area contributed by atoms with Gasteiger partial charge in [-0.3, -0.25) is 4.98 Å². The van der Waals surface area contributed by atoms with Crippen molar-refractivity contribution >= 4 is 17.5 Å². The smallest absolute Gasteiger partial charge is 0.116 e. The second-order valence-corrected chi connectivity index (χ2v) is 5.37. The summed E-state index contributed by atoms with van der Waals surface area (Å²) in [4.78, 5) is 4.21. The molecule has 0 amide bonds. The Kier molecular flexibility index (Phi) is 19.1. The number of methoxy groups -OCH3 is 1. The summed E-state index contributed by atoms with van der Waals surface area (Å²) in [7, 11) is 1.63. The van der Waals surface area contributed by atoms with Gasteiger partial charge in [-0.2, -0.15) is 0 Å². The minimum Gasteiger partial charge on any atom is -0.365 e. The summed E-state index contributed by atoms with van der Waals surface area (Å²) >= 11 is 0. The number of rotatable bonds is 6. The van der Waals surface area contributed by atoms with Gasteiger partial charge in [0.05, 0.1) is 11.4 Å². The van der Waals surface area contributed by atoms with Crippen LogP contribution in [-0.4, -0.2) is 24.5 Å². The first-order valence-corrected chi connectivity index (χ1v) is 10.1. The third-order valence-corrected chi connectivity index (χ3v) is 2.98. The second kappa shape index (κ2) is 19.3. The van der Waals surface area contributed by atoms with E-state index in [0.717, 1.165) is 22.5 Å². The molecule has 156 valence electrons. The average molecular weight is 386 g/mol. The highest BCUT2D eigenvalue weighted by atomic mass is 16.5. The molecule has 0 unspecified atom stereocenters. The van der Waals surface area contributed by atoms with Crippen molar-refractivity contribution in [1.82, 2.24) is 4.98 Å². The molecule has 4 nitrogen and oxygen atoms in total. The summed E-state index contributed by atoms with van der Waals surface area (Å²) in [5.74, 6) is 0. The van der Waals surface area contributed by atoms with Gasteiger partial charge in [0.15, 0.2) is 0 Å². The van der Waals surface area contributed by atoms with Gasteiger partial charge < -0.3 is 15.5 Å². The molecule has 0 aliphatic carbocycles. The number of pyridine rings is 1. The van der Waals surface area contributed by atoms with Crippen molar-refractivity contribution in [2.24, 2.45) is 0 Å². The highest BCUT2D eigenvalue weighted by Crippen LogP contribution is 2.19. The van der Waals surface area contributed by atoms with Crippen LogP contribution in [0.3, 0.4) is 0 Å². The zero-order valence-corrected chi connectivity index (χ0v) is 19.0. The van der Waals surface area contributed by atoms with Crippen molar-refractivity contribution in [2.75, 3.05) is 19.2 Å². The number of hydrogen-bond donors (Lipinski definition) is 2. The molecule has 1 aromatic heterocycles. The van der Waals surface area contributed by atoms with Gasteiger partial charge in [0.1, 0.15) is 6.73 Å². The first kappa shape index (κ1) is 27.8. The molecule has 0 atom stereocenters. The Morgan fingerprint density at radius 1 is 1.11 bits per heavy atom. The van der Waals surface area contributed by atoms with Crippen molar-refractivity contribution < 1.29 is 4.74 Å². The van der Waals surface area contributed by atoms with Gasteiger partial charge in [0.25, 0.3) is 0 Å². The van der Waals surface area contributed by atoms with E-state index in [1.807, 2.05) is 77.1 Å². The molecule has 2 N–H and O–H groups in total. The molecule has 0 radical (unpaired) electrons. The number of aromatic nitrogens is 1. The Morgan fingerprint density at radius 3 is 2.29 bits per heavy atom. The molecule has 0 aliphatic heterocycles. The third kappa shape index (κ3) is 12.0. The van der Waals surface area contributed by atoms with Gasteiger partial charge in [-0.05, 0) is 42.8 Å². The number of ether oxygens (including phenoxy) is 1. The molecule has 1 aromatic carbocycles. The summed E-state index contributed by atoms with van der Waals surface area (Å²) < 4.78 is 5.04. The largest absolute Gasteiger partial charge is 0.365 e. The van der Waals surface area contributed by atoms with Crippen LogP contribution in [0.5, 0.6) is 0 Å². The molecule has 4 heteroatoms. The van der Waals surface area contributed by atoms with Crippen molar-refractivity contribution in [2.45, 2.75) is 54.9 Å². The van der Waals surface area contributed by atoms with Crippen LogP contribution in [0.15, 0.2) is 48.7 Å². The lowest BCUT2D eigenvalue weighted by atomic mass is 10.0. The van der Waals surface area contributed by atoms with Crippen LogP contribution < -0.4 is 5.32 Å². The zero-order chi connectivity index (χ0) is 21.8. The maximum absolute atomic E-state index is 8.23. The third-order valence-electron chi connectivity index (χ3n) is 2.98. The topological polar surface area (TPSA) is 58.0 Å². The maximum atomic E-state index is 8.23. The summed E-state index contributed by atoms with van der Waals surface area (Å²) in [6.45, 7) is 14.7. The quantitative estimate of drug-likeness (QED) is 0.417. The molecule has 2 rings (SSSR count). The van der Waals surface area contributed by atoms with Gasteiger partial charge in [-0.15, -0.1) is 0 Å². The van der Waals surface area contributed by atoms with E-state index in [9.17, 15) is 0 Å². The average Bonchev–Trinajstić information content (AvgIpc) is 2.75. The van der Waals surface area contributed by atoms with Gasteiger partial charge in [0.2, 0.25) is 0 Å². The molecule has 0 spiro atoms. The van der Waals surface area contributed by atoms with Crippen LogP contribution in [0, 0.1) is 12.3 Å². The Hall–Kier alpha value is -2.46. The molecule has 1 heterocycles. The monoisotopic (exact) mass is 385 g/mol. The molecule has 28 heavy (non-hydrogen) atoms.